The summed E-state index contributed by atoms with van der Waals surface area (Å²) in [6.07, 6.45) is -4.09. The van der Waals surface area contributed by atoms with Crippen molar-refractivity contribution >= 4 is 5.90 Å². The fourth-order valence-electron chi connectivity index (χ4n) is 3.67. The van der Waals surface area contributed by atoms with E-state index in [2.05, 4.69) is 14.5 Å². The Morgan fingerprint density at radius 2 is 1.48 bits per heavy atom. The molecule has 0 fully saturated rings. The first kappa shape index (κ1) is 19.4. The first-order valence-corrected chi connectivity index (χ1v) is 9.50. The number of rotatable bonds is 3. The Morgan fingerprint density at radius 1 is 0.839 bits per heavy atom. The molecule has 2 aliphatic heterocycles. The lowest BCUT2D eigenvalue weighted by Crippen LogP contribution is -2.25. The van der Waals surface area contributed by atoms with Crippen molar-refractivity contribution in [3.63, 3.8) is 0 Å². The van der Waals surface area contributed by atoms with Gasteiger partial charge in [-0.15, -0.1) is 8.78 Å². The minimum atomic E-state index is -3.67. The van der Waals surface area contributed by atoms with Gasteiger partial charge in [0, 0.05) is 0 Å². The molecule has 0 saturated carbocycles. The van der Waals surface area contributed by atoms with Crippen molar-refractivity contribution in [3.8, 4) is 22.6 Å². The zero-order valence-electron chi connectivity index (χ0n) is 16.1. The lowest BCUT2D eigenvalue weighted by atomic mass is 9.99. The second kappa shape index (κ2) is 7.01. The molecule has 2 aliphatic rings. The zero-order valence-corrected chi connectivity index (χ0v) is 16.1. The molecule has 0 amide bonds. The summed E-state index contributed by atoms with van der Waals surface area (Å²) in [4.78, 5) is 4.39. The van der Waals surface area contributed by atoms with Crippen LogP contribution >= 0.6 is 0 Å². The maximum atomic E-state index is 14.1. The van der Waals surface area contributed by atoms with Gasteiger partial charge in [-0.2, -0.15) is 0 Å². The van der Waals surface area contributed by atoms with Crippen LogP contribution in [-0.4, -0.2) is 18.3 Å². The highest BCUT2D eigenvalue weighted by Crippen LogP contribution is 2.43. The van der Waals surface area contributed by atoms with Gasteiger partial charge in [0.1, 0.15) is 29.3 Å². The predicted molar refractivity (Wildman–Crippen MR) is 104 cm³/mol. The minimum Gasteiger partial charge on any atom is -0.472 e. The molecule has 8 heteroatoms. The molecule has 3 aromatic rings. The molecule has 5 rings (SSSR count). The topological polar surface area (TPSA) is 40.0 Å². The average molecular weight is 429 g/mol. The molecule has 0 bridgehead atoms. The van der Waals surface area contributed by atoms with Crippen LogP contribution in [0, 0.1) is 11.6 Å². The summed E-state index contributed by atoms with van der Waals surface area (Å²) in [5.74, 6) is -1.62. The van der Waals surface area contributed by atoms with Crippen LogP contribution in [0.1, 0.15) is 24.1 Å². The van der Waals surface area contributed by atoms with Crippen molar-refractivity contribution in [2.24, 2.45) is 4.99 Å². The summed E-state index contributed by atoms with van der Waals surface area (Å²) in [5.41, 5.74) is 1.93. The third-order valence-corrected chi connectivity index (χ3v) is 5.16. The van der Waals surface area contributed by atoms with Crippen molar-refractivity contribution in [1.29, 1.82) is 0 Å². The summed E-state index contributed by atoms with van der Waals surface area (Å²) >= 11 is 0. The van der Waals surface area contributed by atoms with Gasteiger partial charge < -0.3 is 14.2 Å². The Kier molecular flexibility index (Phi) is 4.39. The van der Waals surface area contributed by atoms with Gasteiger partial charge in [-0.1, -0.05) is 36.4 Å². The van der Waals surface area contributed by atoms with Gasteiger partial charge in [-0.05, 0) is 47.9 Å². The SMILES string of the molecule is C[C@H]1OC(c2c(F)cccc2F)=N[C@H]1c1ccc(-c2ccc3c(c2)OC(F)(F)O3)cc1. The van der Waals surface area contributed by atoms with E-state index in [1.54, 1.807) is 25.1 Å². The van der Waals surface area contributed by atoms with Gasteiger partial charge in [0.25, 0.3) is 0 Å². The standard InChI is InChI=1S/C23H15F4NO3/c1-12-21(28-22(29-12)20-16(24)3-2-4-17(20)25)14-7-5-13(6-8-14)15-9-10-18-19(11-15)31-23(26,27)30-18/h2-12,21H,1H3/t12-,21-/m1/s1. The highest BCUT2D eigenvalue weighted by Gasteiger charge is 2.43. The quantitative estimate of drug-likeness (QED) is 0.490. The number of aliphatic imine (C=N–C) groups is 1. The first-order valence-electron chi connectivity index (χ1n) is 9.50. The smallest absolute Gasteiger partial charge is 0.472 e. The van der Waals surface area contributed by atoms with Crippen molar-refractivity contribution in [2.45, 2.75) is 25.4 Å². The van der Waals surface area contributed by atoms with Crippen LogP contribution in [-0.2, 0) is 4.74 Å². The van der Waals surface area contributed by atoms with Crippen molar-refractivity contribution in [2.75, 3.05) is 0 Å². The van der Waals surface area contributed by atoms with E-state index in [-0.39, 0.29) is 23.0 Å². The minimum absolute atomic E-state index is 0.0236. The number of hydrogen-bond acceptors (Lipinski definition) is 4. The Bertz CT molecular complexity index is 1170. The Balaban J connectivity index is 1.41. The molecule has 4 nitrogen and oxygen atoms in total. The molecule has 0 spiro atoms. The lowest BCUT2D eigenvalue weighted by Gasteiger charge is -2.13. The Labute approximate surface area is 174 Å². The summed E-state index contributed by atoms with van der Waals surface area (Å²) in [5, 5.41) is 0. The van der Waals surface area contributed by atoms with E-state index >= 15 is 0 Å². The second-order valence-corrected chi connectivity index (χ2v) is 7.25. The van der Waals surface area contributed by atoms with Crippen LogP contribution in [0.5, 0.6) is 11.5 Å². The number of ether oxygens (including phenoxy) is 3. The number of nitrogens with zero attached hydrogens (tertiary/aromatic N) is 1. The summed E-state index contributed by atoms with van der Waals surface area (Å²) in [7, 11) is 0. The second-order valence-electron chi connectivity index (χ2n) is 7.25. The van der Waals surface area contributed by atoms with Crippen LogP contribution < -0.4 is 9.47 Å². The normalized spacial score (nSPS) is 21.0. The fraction of sp³-hybridized carbons (Fsp3) is 0.174. The number of alkyl halides is 2. The maximum absolute atomic E-state index is 14.1. The summed E-state index contributed by atoms with van der Waals surface area (Å²) in [6.45, 7) is 1.77. The molecule has 2 heterocycles. The first-order chi connectivity index (χ1) is 14.8. The number of halogens is 4. The number of hydrogen-bond donors (Lipinski definition) is 0. The molecule has 0 radical (unpaired) electrons. The number of fused-ring (bicyclic) bond motifs is 1. The average Bonchev–Trinajstić information content (AvgIpc) is 3.25. The monoisotopic (exact) mass is 429 g/mol. The molecule has 0 saturated heterocycles. The molecule has 3 aromatic carbocycles. The molecule has 2 atom stereocenters. The zero-order chi connectivity index (χ0) is 21.8. The molecule has 31 heavy (non-hydrogen) atoms. The Morgan fingerprint density at radius 3 is 2.19 bits per heavy atom. The van der Waals surface area contributed by atoms with Crippen LogP contribution in [0.15, 0.2) is 65.7 Å². The van der Waals surface area contributed by atoms with E-state index in [4.69, 9.17) is 4.74 Å². The van der Waals surface area contributed by atoms with Crippen molar-refractivity contribution in [3.05, 3.63) is 83.4 Å². The van der Waals surface area contributed by atoms with E-state index in [1.807, 2.05) is 12.1 Å². The van der Waals surface area contributed by atoms with Crippen LogP contribution in [0.3, 0.4) is 0 Å². The molecule has 0 aromatic heterocycles. The van der Waals surface area contributed by atoms with E-state index in [0.717, 1.165) is 23.3 Å². The molecular weight excluding hydrogens is 414 g/mol. The van der Waals surface area contributed by atoms with E-state index in [0.29, 0.717) is 5.56 Å². The highest BCUT2D eigenvalue weighted by atomic mass is 19.3. The summed E-state index contributed by atoms with van der Waals surface area (Å²) < 4.78 is 69.1. The predicted octanol–water partition coefficient (Wildman–Crippen LogP) is 5.86. The van der Waals surface area contributed by atoms with E-state index in [9.17, 15) is 17.6 Å². The fourth-order valence-corrected chi connectivity index (χ4v) is 3.67. The van der Waals surface area contributed by atoms with E-state index < -0.39 is 30.1 Å². The van der Waals surface area contributed by atoms with Gasteiger partial charge in [0.15, 0.2) is 11.5 Å². The molecule has 0 unspecified atom stereocenters. The third-order valence-electron chi connectivity index (χ3n) is 5.16. The van der Waals surface area contributed by atoms with Crippen LogP contribution in [0.2, 0.25) is 0 Å². The van der Waals surface area contributed by atoms with Gasteiger partial charge in [0.05, 0.1) is 0 Å². The van der Waals surface area contributed by atoms with Crippen LogP contribution in [0.4, 0.5) is 17.6 Å². The van der Waals surface area contributed by atoms with Gasteiger partial charge in [-0.25, -0.2) is 13.8 Å². The van der Waals surface area contributed by atoms with Gasteiger partial charge in [-0.3, -0.25) is 0 Å². The largest absolute Gasteiger partial charge is 0.586 e. The Hall–Kier alpha value is -3.55. The molecule has 158 valence electrons. The number of benzene rings is 3. The van der Waals surface area contributed by atoms with Crippen LogP contribution in [0.25, 0.3) is 11.1 Å². The molecular formula is C23H15F4NO3. The van der Waals surface area contributed by atoms with E-state index in [1.165, 1.54) is 18.2 Å². The van der Waals surface area contributed by atoms with Crippen molar-refractivity contribution in [1.82, 2.24) is 0 Å². The lowest BCUT2D eigenvalue weighted by molar-refractivity contribution is -0.286. The molecule has 0 N–H and O–H groups in total. The van der Waals surface area contributed by atoms with Crippen molar-refractivity contribution < 1.29 is 31.8 Å². The highest BCUT2D eigenvalue weighted by molar-refractivity contribution is 5.96. The maximum Gasteiger partial charge on any atom is 0.586 e. The van der Waals surface area contributed by atoms with Gasteiger partial charge >= 0.3 is 6.29 Å². The molecule has 0 aliphatic carbocycles. The van der Waals surface area contributed by atoms with Gasteiger partial charge in [0.2, 0.25) is 5.90 Å². The summed E-state index contributed by atoms with van der Waals surface area (Å²) in [6, 6.07) is 14.9. The third kappa shape index (κ3) is 3.48.